The van der Waals surface area contributed by atoms with Crippen LogP contribution in [0.3, 0.4) is 0 Å². The summed E-state index contributed by atoms with van der Waals surface area (Å²) in [5, 5.41) is 10.9. The maximum Gasteiger partial charge on any atom is 0.270 e. The standard InChI is InChI=1S/C22H24N2O4/c1-28-22-11-9-18(15-19(22)16-23-12-3-2-4-13-23)21(25)10-8-17-6-5-7-20(14-17)24(26)27/h5-11,14-15H,2-4,12-13,16H2,1H3/b10-8+. The number of methoxy groups -OCH3 is 1. The molecule has 0 radical (unpaired) electrons. The Kier molecular flexibility index (Phi) is 6.55. The number of nitro groups is 1. The second kappa shape index (κ2) is 9.28. The number of hydrogen-bond donors (Lipinski definition) is 0. The topological polar surface area (TPSA) is 72.7 Å². The lowest BCUT2D eigenvalue weighted by molar-refractivity contribution is -0.384. The van der Waals surface area contributed by atoms with Gasteiger partial charge in [0, 0.05) is 29.8 Å². The molecular formula is C22H24N2O4. The average Bonchev–Trinajstić information content (AvgIpc) is 2.73. The first-order chi connectivity index (χ1) is 13.6. The molecule has 1 aliphatic rings. The summed E-state index contributed by atoms with van der Waals surface area (Å²) in [6.07, 6.45) is 6.73. The van der Waals surface area contributed by atoms with Gasteiger partial charge in [-0.25, -0.2) is 0 Å². The second-order valence-corrected chi connectivity index (χ2v) is 6.91. The normalized spacial score (nSPS) is 14.9. The molecule has 2 aromatic rings. The minimum absolute atomic E-state index is 0.00265. The highest BCUT2D eigenvalue weighted by Gasteiger charge is 2.15. The van der Waals surface area contributed by atoms with Crippen molar-refractivity contribution in [1.82, 2.24) is 4.90 Å². The predicted molar refractivity (Wildman–Crippen MR) is 109 cm³/mol. The summed E-state index contributed by atoms with van der Waals surface area (Å²) in [5.74, 6) is 0.638. The van der Waals surface area contributed by atoms with Crippen molar-refractivity contribution < 1.29 is 14.5 Å². The Morgan fingerprint density at radius 2 is 1.96 bits per heavy atom. The van der Waals surface area contributed by atoms with Crippen LogP contribution in [0.4, 0.5) is 5.69 Å². The maximum atomic E-state index is 12.6. The van der Waals surface area contributed by atoms with Crippen LogP contribution in [0.15, 0.2) is 48.5 Å². The van der Waals surface area contributed by atoms with E-state index in [9.17, 15) is 14.9 Å². The summed E-state index contributed by atoms with van der Waals surface area (Å²) in [7, 11) is 1.64. The molecule has 0 amide bonds. The lowest BCUT2D eigenvalue weighted by Gasteiger charge is -2.27. The zero-order chi connectivity index (χ0) is 19.9. The van der Waals surface area contributed by atoms with E-state index >= 15 is 0 Å². The number of hydrogen-bond acceptors (Lipinski definition) is 5. The zero-order valence-electron chi connectivity index (χ0n) is 16.0. The molecule has 1 heterocycles. The molecule has 146 valence electrons. The lowest BCUT2D eigenvalue weighted by Crippen LogP contribution is -2.29. The molecule has 0 aliphatic carbocycles. The first kappa shape index (κ1) is 19.8. The minimum atomic E-state index is -0.449. The SMILES string of the molecule is COc1ccc(C(=O)/C=C/c2cccc([N+](=O)[O-])c2)cc1CN1CCCCC1. The van der Waals surface area contributed by atoms with E-state index in [0.29, 0.717) is 11.1 Å². The monoisotopic (exact) mass is 380 g/mol. The molecular weight excluding hydrogens is 356 g/mol. The molecule has 6 heteroatoms. The van der Waals surface area contributed by atoms with E-state index < -0.39 is 4.92 Å². The number of carbonyl (C=O) groups excluding carboxylic acids is 1. The maximum absolute atomic E-state index is 12.6. The summed E-state index contributed by atoms with van der Waals surface area (Å²) < 4.78 is 5.47. The van der Waals surface area contributed by atoms with Crippen LogP contribution in [0.25, 0.3) is 6.08 Å². The molecule has 0 spiro atoms. The van der Waals surface area contributed by atoms with E-state index in [1.54, 1.807) is 31.4 Å². The molecule has 0 bridgehead atoms. The number of allylic oxidation sites excluding steroid dienone is 1. The first-order valence-electron chi connectivity index (χ1n) is 9.43. The fraction of sp³-hybridized carbons (Fsp3) is 0.318. The van der Waals surface area contributed by atoms with Gasteiger partial charge in [0.2, 0.25) is 0 Å². The van der Waals surface area contributed by atoms with Crippen molar-refractivity contribution in [3.63, 3.8) is 0 Å². The molecule has 2 aromatic carbocycles. The first-order valence-corrected chi connectivity index (χ1v) is 9.43. The Hall–Kier alpha value is -2.99. The largest absolute Gasteiger partial charge is 0.496 e. The average molecular weight is 380 g/mol. The smallest absolute Gasteiger partial charge is 0.270 e. The third-order valence-electron chi connectivity index (χ3n) is 4.92. The van der Waals surface area contributed by atoms with Gasteiger partial charge in [0.25, 0.3) is 5.69 Å². The number of rotatable bonds is 7. The fourth-order valence-corrected chi connectivity index (χ4v) is 3.42. The fourth-order valence-electron chi connectivity index (χ4n) is 3.42. The molecule has 28 heavy (non-hydrogen) atoms. The number of likely N-dealkylation sites (tertiary alicyclic amines) is 1. The van der Waals surface area contributed by atoms with Crippen LogP contribution >= 0.6 is 0 Å². The van der Waals surface area contributed by atoms with Gasteiger partial charge >= 0.3 is 0 Å². The van der Waals surface area contributed by atoms with Crippen molar-refractivity contribution >= 4 is 17.5 Å². The van der Waals surface area contributed by atoms with E-state index in [1.165, 1.54) is 37.5 Å². The number of piperidine rings is 1. The molecule has 0 unspecified atom stereocenters. The van der Waals surface area contributed by atoms with E-state index in [0.717, 1.165) is 30.9 Å². The summed E-state index contributed by atoms with van der Waals surface area (Å²) in [6, 6.07) is 11.7. The van der Waals surface area contributed by atoms with Crippen molar-refractivity contribution in [3.05, 3.63) is 75.3 Å². The van der Waals surface area contributed by atoms with Crippen molar-refractivity contribution in [2.75, 3.05) is 20.2 Å². The van der Waals surface area contributed by atoms with Crippen LogP contribution in [0.2, 0.25) is 0 Å². The highest BCUT2D eigenvalue weighted by Crippen LogP contribution is 2.24. The lowest BCUT2D eigenvalue weighted by atomic mass is 10.0. The number of carbonyl (C=O) groups is 1. The van der Waals surface area contributed by atoms with Crippen LogP contribution in [0, 0.1) is 10.1 Å². The Morgan fingerprint density at radius 3 is 2.68 bits per heavy atom. The van der Waals surface area contributed by atoms with Gasteiger partial charge in [-0.1, -0.05) is 24.6 Å². The number of ketones is 1. The summed E-state index contributed by atoms with van der Waals surface area (Å²) in [6.45, 7) is 2.89. The van der Waals surface area contributed by atoms with E-state index in [4.69, 9.17) is 4.74 Å². The Morgan fingerprint density at radius 1 is 1.18 bits per heavy atom. The molecule has 1 saturated heterocycles. The van der Waals surface area contributed by atoms with Crippen molar-refractivity contribution in [2.45, 2.75) is 25.8 Å². The molecule has 0 N–H and O–H groups in total. The number of non-ortho nitro benzene ring substituents is 1. The van der Waals surface area contributed by atoms with Gasteiger partial charge in [0.05, 0.1) is 12.0 Å². The highest BCUT2D eigenvalue weighted by molar-refractivity contribution is 6.07. The molecule has 0 atom stereocenters. The Balaban J connectivity index is 1.76. The second-order valence-electron chi connectivity index (χ2n) is 6.91. The quantitative estimate of drug-likeness (QED) is 0.306. The van der Waals surface area contributed by atoms with Gasteiger partial charge in [0.15, 0.2) is 5.78 Å². The van der Waals surface area contributed by atoms with E-state index in [1.807, 2.05) is 12.1 Å². The van der Waals surface area contributed by atoms with E-state index in [-0.39, 0.29) is 11.5 Å². The third-order valence-corrected chi connectivity index (χ3v) is 4.92. The molecule has 1 fully saturated rings. The predicted octanol–water partition coefficient (Wildman–Crippen LogP) is 4.49. The molecule has 3 rings (SSSR count). The molecule has 0 aromatic heterocycles. The zero-order valence-corrected chi connectivity index (χ0v) is 16.0. The van der Waals surface area contributed by atoms with Gasteiger partial charge in [-0.3, -0.25) is 19.8 Å². The van der Waals surface area contributed by atoms with Crippen molar-refractivity contribution in [1.29, 1.82) is 0 Å². The number of ether oxygens (including phenoxy) is 1. The molecule has 1 aliphatic heterocycles. The minimum Gasteiger partial charge on any atom is -0.496 e. The Labute approximate surface area is 164 Å². The number of benzene rings is 2. The van der Waals surface area contributed by atoms with Gasteiger partial charge in [-0.15, -0.1) is 0 Å². The van der Waals surface area contributed by atoms with Gasteiger partial charge in [-0.05, 0) is 55.8 Å². The summed E-state index contributed by atoms with van der Waals surface area (Å²) in [4.78, 5) is 25.4. The van der Waals surface area contributed by atoms with Crippen LogP contribution < -0.4 is 4.74 Å². The third kappa shape index (κ3) is 5.04. The summed E-state index contributed by atoms with van der Waals surface area (Å²) in [5.41, 5.74) is 2.20. The van der Waals surface area contributed by atoms with Gasteiger partial charge in [0.1, 0.15) is 5.75 Å². The summed E-state index contributed by atoms with van der Waals surface area (Å²) >= 11 is 0. The molecule has 6 nitrogen and oxygen atoms in total. The van der Waals surface area contributed by atoms with Crippen LogP contribution in [0.5, 0.6) is 5.75 Å². The van der Waals surface area contributed by atoms with Crippen LogP contribution in [0.1, 0.15) is 40.7 Å². The van der Waals surface area contributed by atoms with Crippen molar-refractivity contribution in [3.8, 4) is 5.75 Å². The van der Waals surface area contributed by atoms with Gasteiger partial charge < -0.3 is 4.74 Å². The van der Waals surface area contributed by atoms with E-state index in [2.05, 4.69) is 4.90 Å². The van der Waals surface area contributed by atoms with Gasteiger partial charge in [-0.2, -0.15) is 0 Å². The molecule has 0 saturated carbocycles. The van der Waals surface area contributed by atoms with Crippen LogP contribution in [-0.4, -0.2) is 35.8 Å². The van der Waals surface area contributed by atoms with Crippen LogP contribution in [-0.2, 0) is 6.54 Å². The highest BCUT2D eigenvalue weighted by atomic mass is 16.6. The Bertz CT molecular complexity index is 886. The number of nitrogens with zero attached hydrogens (tertiary/aromatic N) is 2. The van der Waals surface area contributed by atoms with Crippen molar-refractivity contribution in [2.24, 2.45) is 0 Å². The number of nitro benzene ring substituents is 1.